The number of hydrogen-bond donors (Lipinski definition) is 0. The SMILES string of the molecule is CCCC(C#N)(CCC)c1ccccc1Br. The summed E-state index contributed by atoms with van der Waals surface area (Å²) in [5.41, 5.74) is 0.824. The number of hydrogen-bond acceptors (Lipinski definition) is 1. The number of nitrogens with zero attached hydrogens (tertiary/aromatic N) is 1. The maximum Gasteiger partial charge on any atom is 0.0833 e. The second-order valence-corrected chi connectivity index (χ2v) is 5.03. The molecule has 1 aromatic carbocycles. The molecule has 0 aliphatic heterocycles. The third-order valence-corrected chi connectivity index (χ3v) is 3.65. The molecule has 0 spiro atoms. The van der Waals surface area contributed by atoms with Gasteiger partial charge in [0.15, 0.2) is 0 Å². The van der Waals surface area contributed by atoms with E-state index in [1.54, 1.807) is 0 Å². The van der Waals surface area contributed by atoms with E-state index in [2.05, 4.69) is 41.9 Å². The van der Waals surface area contributed by atoms with Crippen LogP contribution in [0.15, 0.2) is 28.7 Å². The fraction of sp³-hybridized carbons (Fsp3) is 0.500. The Kier molecular flexibility index (Phi) is 5.02. The minimum Gasteiger partial charge on any atom is -0.197 e. The molecule has 0 aromatic heterocycles. The first kappa shape index (κ1) is 13.3. The maximum absolute atomic E-state index is 9.55. The Labute approximate surface area is 107 Å². The summed E-state index contributed by atoms with van der Waals surface area (Å²) in [5, 5.41) is 9.55. The summed E-state index contributed by atoms with van der Waals surface area (Å²) in [6, 6.07) is 10.6. The summed E-state index contributed by atoms with van der Waals surface area (Å²) in [6.07, 6.45) is 3.93. The number of halogens is 1. The first-order chi connectivity index (χ1) is 7.70. The molecule has 0 unspecified atom stereocenters. The third kappa shape index (κ3) is 2.65. The lowest BCUT2D eigenvalue weighted by molar-refractivity contribution is 0.451. The van der Waals surface area contributed by atoms with E-state index in [9.17, 15) is 5.26 Å². The molecule has 0 heterocycles. The average Bonchev–Trinajstić information content (AvgIpc) is 2.29. The van der Waals surface area contributed by atoms with Crippen LogP contribution in [0.2, 0.25) is 0 Å². The second kappa shape index (κ2) is 6.06. The van der Waals surface area contributed by atoms with Crippen LogP contribution >= 0.6 is 15.9 Å². The standard InChI is InChI=1S/C14H18BrN/c1-3-9-14(11-16,10-4-2)12-7-5-6-8-13(12)15/h5-8H,3-4,9-10H2,1-2H3. The fourth-order valence-corrected chi connectivity index (χ4v) is 2.93. The van der Waals surface area contributed by atoms with E-state index in [4.69, 9.17) is 0 Å². The summed E-state index contributed by atoms with van der Waals surface area (Å²) in [4.78, 5) is 0. The summed E-state index contributed by atoms with van der Waals surface area (Å²) in [7, 11) is 0. The predicted molar refractivity (Wildman–Crippen MR) is 71.2 cm³/mol. The van der Waals surface area contributed by atoms with Crippen molar-refractivity contribution in [2.24, 2.45) is 0 Å². The van der Waals surface area contributed by atoms with Crippen LogP contribution in [-0.2, 0) is 5.41 Å². The highest BCUT2D eigenvalue weighted by molar-refractivity contribution is 9.10. The molecule has 1 rings (SSSR count). The molecule has 0 amide bonds. The van der Waals surface area contributed by atoms with E-state index in [1.165, 1.54) is 0 Å². The number of benzene rings is 1. The number of rotatable bonds is 5. The van der Waals surface area contributed by atoms with Gasteiger partial charge < -0.3 is 0 Å². The van der Waals surface area contributed by atoms with Gasteiger partial charge in [-0.3, -0.25) is 0 Å². The van der Waals surface area contributed by atoms with Gasteiger partial charge in [0.25, 0.3) is 0 Å². The van der Waals surface area contributed by atoms with Crippen LogP contribution in [0.25, 0.3) is 0 Å². The van der Waals surface area contributed by atoms with Gasteiger partial charge in [0, 0.05) is 4.47 Å². The summed E-state index contributed by atoms with van der Waals surface area (Å²) >= 11 is 3.56. The highest BCUT2D eigenvalue weighted by Gasteiger charge is 2.31. The molecule has 2 heteroatoms. The molecule has 1 nitrogen and oxygen atoms in total. The van der Waals surface area contributed by atoms with Crippen molar-refractivity contribution in [3.8, 4) is 6.07 Å². The Morgan fingerprint density at radius 1 is 1.19 bits per heavy atom. The monoisotopic (exact) mass is 279 g/mol. The average molecular weight is 280 g/mol. The van der Waals surface area contributed by atoms with Crippen molar-refractivity contribution < 1.29 is 0 Å². The Hall–Kier alpha value is -0.810. The van der Waals surface area contributed by atoms with Crippen molar-refractivity contribution in [1.29, 1.82) is 5.26 Å². The molecular formula is C14H18BrN. The van der Waals surface area contributed by atoms with Crippen molar-refractivity contribution in [2.45, 2.75) is 44.9 Å². The molecule has 0 N–H and O–H groups in total. The Balaban J connectivity index is 3.20. The van der Waals surface area contributed by atoms with E-state index < -0.39 is 0 Å². The molecule has 0 aliphatic rings. The van der Waals surface area contributed by atoms with Crippen LogP contribution in [0.3, 0.4) is 0 Å². The zero-order valence-electron chi connectivity index (χ0n) is 9.96. The summed E-state index contributed by atoms with van der Waals surface area (Å²) < 4.78 is 1.05. The van der Waals surface area contributed by atoms with Gasteiger partial charge in [-0.1, -0.05) is 60.8 Å². The highest BCUT2D eigenvalue weighted by atomic mass is 79.9. The molecule has 0 radical (unpaired) electrons. The molecule has 0 fully saturated rings. The van der Waals surface area contributed by atoms with E-state index in [0.29, 0.717) is 0 Å². The lowest BCUT2D eigenvalue weighted by Crippen LogP contribution is -2.24. The Morgan fingerprint density at radius 3 is 2.19 bits per heavy atom. The maximum atomic E-state index is 9.55. The number of nitriles is 1. The fourth-order valence-electron chi connectivity index (χ4n) is 2.27. The molecule has 0 bridgehead atoms. The van der Waals surface area contributed by atoms with Crippen LogP contribution in [0, 0.1) is 11.3 Å². The van der Waals surface area contributed by atoms with Gasteiger partial charge in [0.2, 0.25) is 0 Å². The van der Waals surface area contributed by atoms with Crippen LogP contribution in [0.1, 0.15) is 45.1 Å². The lowest BCUT2D eigenvalue weighted by atomic mass is 9.75. The predicted octanol–water partition coefficient (Wildman–Crippen LogP) is 4.81. The molecule has 86 valence electrons. The van der Waals surface area contributed by atoms with E-state index in [0.717, 1.165) is 35.7 Å². The van der Waals surface area contributed by atoms with Crippen LogP contribution < -0.4 is 0 Å². The quantitative estimate of drug-likeness (QED) is 0.759. The largest absolute Gasteiger partial charge is 0.197 e. The van der Waals surface area contributed by atoms with Crippen LogP contribution in [0.4, 0.5) is 0 Å². The van der Waals surface area contributed by atoms with Crippen molar-refractivity contribution in [3.05, 3.63) is 34.3 Å². The minimum atomic E-state index is -0.316. The smallest absolute Gasteiger partial charge is 0.0833 e. The van der Waals surface area contributed by atoms with Crippen molar-refractivity contribution in [1.82, 2.24) is 0 Å². The highest BCUT2D eigenvalue weighted by Crippen LogP contribution is 2.37. The lowest BCUT2D eigenvalue weighted by Gasteiger charge is -2.27. The van der Waals surface area contributed by atoms with E-state index in [1.807, 2.05) is 18.2 Å². The summed E-state index contributed by atoms with van der Waals surface area (Å²) in [6.45, 7) is 4.27. The normalized spacial score (nSPS) is 11.1. The van der Waals surface area contributed by atoms with Gasteiger partial charge in [-0.15, -0.1) is 0 Å². The molecule has 0 saturated carbocycles. The van der Waals surface area contributed by atoms with E-state index >= 15 is 0 Å². The van der Waals surface area contributed by atoms with Gasteiger partial charge in [0.05, 0.1) is 11.5 Å². The Bertz CT molecular complexity index is 373. The van der Waals surface area contributed by atoms with Gasteiger partial charge in [-0.05, 0) is 24.5 Å². The van der Waals surface area contributed by atoms with E-state index in [-0.39, 0.29) is 5.41 Å². The van der Waals surface area contributed by atoms with Gasteiger partial charge in [-0.2, -0.15) is 5.26 Å². The zero-order chi connectivity index (χ0) is 12.0. The van der Waals surface area contributed by atoms with Crippen molar-refractivity contribution in [2.75, 3.05) is 0 Å². The molecule has 1 aromatic rings. The first-order valence-electron chi connectivity index (χ1n) is 5.86. The molecular weight excluding hydrogens is 262 g/mol. The zero-order valence-corrected chi connectivity index (χ0v) is 11.5. The second-order valence-electron chi connectivity index (χ2n) is 4.17. The first-order valence-corrected chi connectivity index (χ1v) is 6.65. The molecule has 0 aliphatic carbocycles. The molecule has 0 saturated heterocycles. The van der Waals surface area contributed by atoms with Crippen LogP contribution in [-0.4, -0.2) is 0 Å². The topological polar surface area (TPSA) is 23.8 Å². The van der Waals surface area contributed by atoms with Crippen molar-refractivity contribution in [3.63, 3.8) is 0 Å². The molecule has 0 atom stereocenters. The summed E-state index contributed by atoms with van der Waals surface area (Å²) in [5.74, 6) is 0. The minimum absolute atomic E-state index is 0.316. The Morgan fingerprint density at radius 2 is 1.75 bits per heavy atom. The van der Waals surface area contributed by atoms with Gasteiger partial charge in [0.1, 0.15) is 0 Å². The van der Waals surface area contributed by atoms with Crippen molar-refractivity contribution >= 4 is 15.9 Å². The third-order valence-electron chi connectivity index (χ3n) is 2.96. The molecule has 16 heavy (non-hydrogen) atoms. The van der Waals surface area contributed by atoms with Gasteiger partial charge in [-0.25, -0.2) is 0 Å². The van der Waals surface area contributed by atoms with Crippen LogP contribution in [0.5, 0.6) is 0 Å². The van der Waals surface area contributed by atoms with Gasteiger partial charge >= 0.3 is 0 Å².